The van der Waals surface area contributed by atoms with E-state index in [1.54, 1.807) is 42.0 Å². The summed E-state index contributed by atoms with van der Waals surface area (Å²) in [6, 6.07) is 8.95. The molecule has 0 radical (unpaired) electrons. The number of ether oxygens (including phenoxy) is 1. The predicted molar refractivity (Wildman–Crippen MR) is 79.1 cm³/mol. The SMILES string of the molecule is COc1ccc(Cl)cc1-c1ccc2nc(C(=O)O)cn2c1. The van der Waals surface area contributed by atoms with Crippen LogP contribution in [0.2, 0.25) is 5.02 Å². The van der Waals surface area contributed by atoms with Gasteiger partial charge in [-0.3, -0.25) is 0 Å². The minimum atomic E-state index is -1.06. The summed E-state index contributed by atoms with van der Waals surface area (Å²) in [7, 11) is 1.59. The second-order valence-electron chi connectivity index (χ2n) is 4.46. The molecule has 0 aliphatic rings. The lowest BCUT2D eigenvalue weighted by Crippen LogP contribution is -1.94. The molecule has 0 amide bonds. The molecule has 0 unspecified atom stereocenters. The van der Waals surface area contributed by atoms with E-state index < -0.39 is 5.97 Å². The topological polar surface area (TPSA) is 63.8 Å². The number of aromatic nitrogens is 2. The van der Waals surface area contributed by atoms with Crippen LogP contribution in [0.4, 0.5) is 0 Å². The van der Waals surface area contributed by atoms with Crippen LogP contribution in [-0.2, 0) is 0 Å². The smallest absolute Gasteiger partial charge is 0.356 e. The quantitative estimate of drug-likeness (QED) is 0.805. The van der Waals surface area contributed by atoms with Crippen LogP contribution in [0.1, 0.15) is 10.5 Å². The van der Waals surface area contributed by atoms with E-state index in [0.717, 1.165) is 11.1 Å². The molecule has 106 valence electrons. The van der Waals surface area contributed by atoms with Crippen LogP contribution in [0, 0.1) is 0 Å². The van der Waals surface area contributed by atoms with Gasteiger partial charge in [0.05, 0.1) is 7.11 Å². The Morgan fingerprint density at radius 1 is 1.29 bits per heavy atom. The molecule has 6 heteroatoms. The first-order valence-corrected chi connectivity index (χ1v) is 6.52. The molecule has 5 nitrogen and oxygen atoms in total. The van der Waals surface area contributed by atoms with Crippen molar-refractivity contribution in [1.82, 2.24) is 9.38 Å². The summed E-state index contributed by atoms with van der Waals surface area (Å²) >= 11 is 6.04. The van der Waals surface area contributed by atoms with Gasteiger partial charge in [0.15, 0.2) is 5.69 Å². The third kappa shape index (κ3) is 2.43. The Morgan fingerprint density at radius 2 is 2.10 bits per heavy atom. The summed E-state index contributed by atoms with van der Waals surface area (Å²) in [5, 5.41) is 9.58. The van der Waals surface area contributed by atoms with Gasteiger partial charge in [-0.05, 0) is 30.3 Å². The average molecular weight is 303 g/mol. The van der Waals surface area contributed by atoms with Crippen molar-refractivity contribution in [2.75, 3.05) is 7.11 Å². The summed E-state index contributed by atoms with van der Waals surface area (Å²) in [6.45, 7) is 0. The number of carboxylic acid groups (broad SMARTS) is 1. The van der Waals surface area contributed by atoms with Gasteiger partial charge in [0, 0.05) is 28.5 Å². The lowest BCUT2D eigenvalue weighted by molar-refractivity contribution is 0.0691. The van der Waals surface area contributed by atoms with E-state index in [1.807, 2.05) is 6.07 Å². The Kier molecular flexibility index (Phi) is 3.27. The summed E-state index contributed by atoms with van der Waals surface area (Å²) in [5.41, 5.74) is 2.26. The van der Waals surface area contributed by atoms with Crippen molar-refractivity contribution in [2.24, 2.45) is 0 Å². The zero-order valence-electron chi connectivity index (χ0n) is 11.1. The Labute approximate surface area is 125 Å². The zero-order valence-corrected chi connectivity index (χ0v) is 11.8. The predicted octanol–water partition coefficient (Wildman–Crippen LogP) is 3.36. The number of fused-ring (bicyclic) bond motifs is 1. The number of aromatic carboxylic acids is 1. The molecule has 21 heavy (non-hydrogen) atoms. The number of rotatable bonds is 3. The number of pyridine rings is 1. The monoisotopic (exact) mass is 302 g/mol. The first-order valence-electron chi connectivity index (χ1n) is 6.14. The highest BCUT2D eigenvalue weighted by atomic mass is 35.5. The summed E-state index contributed by atoms with van der Waals surface area (Å²) < 4.78 is 7.00. The Balaban J connectivity index is 2.17. The van der Waals surface area contributed by atoms with Gasteiger partial charge in [0.25, 0.3) is 0 Å². The van der Waals surface area contributed by atoms with E-state index in [1.165, 1.54) is 6.20 Å². The van der Waals surface area contributed by atoms with Crippen LogP contribution in [-0.4, -0.2) is 27.6 Å². The molecule has 3 rings (SSSR count). The third-order valence-electron chi connectivity index (χ3n) is 3.14. The molecule has 0 fully saturated rings. The van der Waals surface area contributed by atoms with Crippen LogP contribution in [0.3, 0.4) is 0 Å². The van der Waals surface area contributed by atoms with E-state index in [-0.39, 0.29) is 5.69 Å². The molecule has 0 saturated carbocycles. The number of hydrogen-bond acceptors (Lipinski definition) is 3. The van der Waals surface area contributed by atoms with E-state index in [2.05, 4.69) is 4.98 Å². The highest BCUT2D eigenvalue weighted by Gasteiger charge is 2.11. The van der Waals surface area contributed by atoms with Gasteiger partial charge in [0.2, 0.25) is 0 Å². The third-order valence-corrected chi connectivity index (χ3v) is 3.38. The molecular formula is C15H11ClN2O3. The number of carboxylic acids is 1. The molecule has 3 aromatic rings. The van der Waals surface area contributed by atoms with E-state index in [9.17, 15) is 4.79 Å². The summed E-state index contributed by atoms with van der Waals surface area (Å²) in [5.74, 6) is -0.363. The van der Waals surface area contributed by atoms with Crippen LogP contribution in [0.25, 0.3) is 16.8 Å². The largest absolute Gasteiger partial charge is 0.496 e. The minimum absolute atomic E-state index is 0.00482. The van der Waals surface area contributed by atoms with E-state index in [0.29, 0.717) is 16.4 Å². The van der Waals surface area contributed by atoms with E-state index in [4.69, 9.17) is 21.4 Å². The van der Waals surface area contributed by atoms with Crippen molar-refractivity contribution in [3.05, 3.63) is 53.4 Å². The van der Waals surface area contributed by atoms with Crippen molar-refractivity contribution in [3.63, 3.8) is 0 Å². The second kappa shape index (κ2) is 5.10. The Bertz CT molecular complexity index is 842. The number of halogens is 1. The van der Waals surface area contributed by atoms with Gasteiger partial charge < -0.3 is 14.2 Å². The van der Waals surface area contributed by atoms with Crippen LogP contribution in [0.5, 0.6) is 5.75 Å². The van der Waals surface area contributed by atoms with Gasteiger partial charge in [0.1, 0.15) is 11.4 Å². The number of nitrogens with zero attached hydrogens (tertiary/aromatic N) is 2. The molecule has 2 heterocycles. The lowest BCUT2D eigenvalue weighted by atomic mass is 10.1. The Hall–Kier alpha value is -2.53. The van der Waals surface area contributed by atoms with Gasteiger partial charge >= 0.3 is 5.97 Å². The van der Waals surface area contributed by atoms with Crippen molar-refractivity contribution < 1.29 is 14.6 Å². The van der Waals surface area contributed by atoms with Gasteiger partial charge in [-0.15, -0.1) is 0 Å². The van der Waals surface area contributed by atoms with Crippen LogP contribution >= 0.6 is 11.6 Å². The molecule has 1 aromatic carbocycles. The number of methoxy groups -OCH3 is 1. The molecule has 0 aliphatic heterocycles. The van der Waals surface area contributed by atoms with Crippen LogP contribution < -0.4 is 4.74 Å². The number of benzene rings is 1. The van der Waals surface area contributed by atoms with Gasteiger partial charge in [-0.25, -0.2) is 9.78 Å². The first-order chi connectivity index (χ1) is 10.1. The van der Waals surface area contributed by atoms with Gasteiger partial charge in [-0.2, -0.15) is 0 Å². The maximum Gasteiger partial charge on any atom is 0.356 e. The molecule has 0 aliphatic carbocycles. The van der Waals surface area contributed by atoms with Crippen molar-refractivity contribution >= 4 is 23.2 Å². The first kappa shape index (κ1) is 13.5. The molecule has 2 aromatic heterocycles. The Morgan fingerprint density at radius 3 is 2.81 bits per heavy atom. The standard InChI is InChI=1S/C15H11ClN2O3/c1-21-13-4-3-10(16)6-11(13)9-2-5-14-17-12(15(19)20)8-18(14)7-9/h2-8H,1H3,(H,19,20). The molecule has 0 spiro atoms. The molecule has 0 saturated heterocycles. The maximum absolute atomic E-state index is 11.0. The number of imidazole rings is 1. The summed E-state index contributed by atoms with van der Waals surface area (Å²) in [6.07, 6.45) is 3.27. The molecule has 0 atom stereocenters. The van der Waals surface area contributed by atoms with Gasteiger partial charge in [-0.1, -0.05) is 11.6 Å². The van der Waals surface area contributed by atoms with E-state index >= 15 is 0 Å². The fraction of sp³-hybridized carbons (Fsp3) is 0.0667. The average Bonchev–Trinajstić information content (AvgIpc) is 2.90. The van der Waals surface area contributed by atoms with Crippen molar-refractivity contribution in [1.29, 1.82) is 0 Å². The lowest BCUT2D eigenvalue weighted by Gasteiger charge is -2.09. The molecular weight excluding hydrogens is 292 g/mol. The highest BCUT2D eigenvalue weighted by molar-refractivity contribution is 6.31. The number of carbonyl (C=O) groups is 1. The fourth-order valence-corrected chi connectivity index (χ4v) is 2.33. The minimum Gasteiger partial charge on any atom is -0.496 e. The normalized spacial score (nSPS) is 10.8. The number of hydrogen-bond donors (Lipinski definition) is 1. The van der Waals surface area contributed by atoms with Crippen molar-refractivity contribution in [2.45, 2.75) is 0 Å². The zero-order chi connectivity index (χ0) is 15.0. The van der Waals surface area contributed by atoms with Crippen molar-refractivity contribution in [3.8, 4) is 16.9 Å². The highest BCUT2D eigenvalue weighted by Crippen LogP contribution is 2.32. The maximum atomic E-state index is 11.0. The molecule has 1 N–H and O–H groups in total. The summed E-state index contributed by atoms with van der Waals surface area (Å²) in [4.78, 5) is 15.0. The van der Waals surface area contributed by atoms with Crippen LogP contribution in [0.15, 0.2) is 42.7 Å². The fourth-order valence-electron chi connectivity index (χ4n) is 2.16. The second-order valence-corrected chi connectivity index (χ2v) is 4.90. The molecule has 0 bridgehead atoms.